The Morgan fingerprint density at radius 3 is 3.00 bits per heavy atom. The summed E-state index contributed by atoms with van der Waals surface area (Å²) >= 11 is 0. The van der Waals surface area contributed by atoms with Gasteiger partial charge < -0.3 is 10.2 Å². The Bertz CT molecular complexity index is 405. The van der Waals surface area contributed by atoms with Gasteiger partial charge in [-0.1, -0.05) is 27.2 Å². The first kappa shape index (κ1) is 15.2. The number of hydrogen-bond acceptors (Lipinski definition) is 4. The molecule has 1 aliphatic rings. The minimum atomic E-state index is 0.582. The minimum absolute atomic E-state index is 0.582. The molecule has 0 aromatic carbocycles. The van der Waals surface area contributed by atoms with E-state index >= 15 is 0 Å². The number of nitrogens with zero attached hydrogens (tertiary/aromatic N) is 3. The van der Waals surface area contributed by atoms with E-state index in [9.17, 15) is 0 Å². The monoisotopic (exact) mass is 276 g/mol. The summed E-state index contributed by atoms with van der Waals surface area (Å²) in [4.78, 5) is 11.3. The van der Waals surface area contributed by atoms with E-state index in [0.29, 0.717) is 12.0 Å². The predicted octanol–water partition coefficient (Wildman–Crippen LogP) is 2.64. The molecule has 0 saturated carbocycles. The highest BCUT2D eigenvalue weighted by atomic mass is 15.2. The van der Waals surface area contributed by atoms with E-state index in [4.69, 9.17) is 0 Å². The number of nitrogens with one attached hydrogen (secondary N) is 1. The predicted molar refractivity (Wildman–Crippen MR) is 84.1 cm³/mol. The van der Waals surface area contributed by atoms with Crippen molar-refractivity contribution in [2.75, 3.05) is 24.5 Å². The van der Waals surface area contributed by atoms with Crippen LogP contribution in [0.25, 0.3) is 0 Å². The van der Waals surface area contributed by atoms with Crippen LogP contribution < -0.4 is 10.2 Å². The molecular weight excluding hydrogens is 248 g/mol. The van der Waals surface area contributed by atoms with Gasteiger partial charge in [0, 0.05) is 30.9 Å². The highest BCUT2D eigenvalue weighted by Crippen LogP contribution is 2.23. The summed E-state index contributed by atoms with van der Waals surface area (Å²) in [6.45, 7) is 9.97. The summed E-state index contributed by atoms with van der Waals surface area (Å²) in [5, 5.41) is 3.58. The zero-order valence-electron chi connectivity index (χ0n) is 13.1. The molecule has 1 saturated heterocycles. The van der Waals surface area contributed by atoms with Gasteiger partial charge in [-0.3, -0.25) is 0 Å². The average Bonchev–Trinajstić information content (AvgIpc) is 2.87. The van der Waals surface area contributed by atoms with E-state index in [1.165, 1.54) is 18.5 Å². The highest BCUT2D eigenvalue weighted by Gasteiger charge is 2.25. The summed E-state index contributed by atoms with van der Waals surface area (Å²) in [6, 6.07) is 2.75. The molecule has 0 amide bonds. The van der Waals surface area contributed by atoms with E-state index in [0.717, 1.165) is 38.3 Å². The maximum atomic E-state index is 4.48. The summed E-state index contributed by atoms with van der Waals surface area (Å²) < 4.78 is 0. The van der Waals surface area contributed by atoms with Gasteiger partial charge in [0.05, 0.1) is 0 Å². The third kappa shape index (κ3) is 4.17. The Balaban J connectivity index is 1.97. The van der Waals surface area contributed by atoms with E-state index in [-0.39, 0.29) is 0 Å². The molecule has 1 aliphatic heterocycles. The molecule has 1 aromatic rings. The molecule has 2 heterocycles. The third-order valence-corrected chi connectivity index (χ3v) is 3.82. The Hall–Kier alpha value is -1.16. The summed E-state index contributed by atoms with van der Waals surface area (Å²) in [5.74, 6) is 1.82. The van der Waals surface area contributed by atoms with Crippen LogP contribution in [0.1, 0.15) is 45.7 Å². The lowest BCUT2D eigenvalue weighted by molar-refractivity contribution is 0.511. The molecule has 1 aromatic heterocycles. The van der Waals surface area contributed by atoms with Crippen molar-refractivity contribution < 1.29 is 0 Å². The molecular formula is C16H28N4. The van der Waals surface area contributed by atoms with Crippen LogP contribution in [0.5, 0.6) is 0 Å². The van der Waals surface area contributed by atoms with Crippen LogP contribution in [0.3, 0.4) is 0 Å². The fraction of sp³-hybridized carbons (Fsp3) is 0.750. The number of aromatic nitrogens is 2. The SMILES string of the molecule is CCCc1cc(N2CCCC2CNCC(C)C)ncn1. The van der Waals surface area contributed by atoms with Crippen LogP contribution in [0.4, 0.5) is 5.82 Å². The molecule has 1 unspecified atom stereocenters. The van der Waals surface area contributed by atoms with Gasteiger partial charge in [0.1, 0.15) is 12.1 Å². The molecule has 20 heavy (non-hydrogen) atoms. The second-order valence-corrected chi connectivity index (χ2v) is 6.16. The molecule has 4 heteroatoms. The molecule has 0 aliphatic carbocycles. The van der Waals surface area contributed by atoms with Crippen LogP contribution in [-0.2, 0) is 6.42 Å². The van der Waals surface area contributed by atoms with Gasteiger partial charge in [-0.15, -0.1) is 0 Å². The lowest BCUT2D eigenvalue weighted by Crippen LogP contribution is -2.39. The molecule has 0 spiro atoms. The maximum Gasteiger partial charge on any atom is 0.132 e. The lowest BCUT2D eigenvalue weighted by Gasteiger charge is -2.26. The smallest absolute Gasteiger partial charge is 0.132 e. The molecule has 0 radical (unpaired) electrons. The third-order valence-electron chi connectivity index (χ3n) is 3.82. The summed E-state index contributed by atoms with van der Waals surface area (Å²) in [5.41, 5.74) is 1.17. The highest BCUT2D eigenvalue weighted by molar-refractivity contribution is 5.41. The zero-order chi connectivity index (χ0) is 14.4. The van der Waals surface area contributed by atoms with Crippen molar-refractivity contribution in [3.8, 4) is 0 Å². The van der Waals surface area contributed by atoms with Crippen LogP contribution in [0.2, 0.25) is 0 Å². The molecule has 1 N–H and O–H groups in total. The van der Waals surface area contributed by atoms with Gasteiger partial charge in [0.2, 0.25) is 0 Å². The first-order valence-electron chi connectivity index (χ1n) is 7.99. The second-order valence-electron chi connectivity index (χ2n) is 6.16. The van der Waals surface area contributed by atoms with Gasteiger partial charge in [0.25, 0.3) is 0 Å². The van der Waals surface area contributed by atoms with Crippen molar-refractivity contribution in [2.24, 2.45) is 5.92 Å². The van der Waals surface area contributed by atoms with Gasteiger partial charge >= 0.3 is 0 Å². The normalized spacial score (nSPS) is 19.0. The summed E-state index contributed by atoms with van der Waals surface area (Å²) in [6.07, 6.45) is 6.42. The Morgan fingerprint density at radius 1 is 1.40 bits per heavy atom. The van der Waals surface area contributed by atoms with E-state index in [2.05, 4.69) is 47.0 Å². The van der Waals surface area contributed by atoms with Gasteiger partial charge in [-0.25, -0.2) is 9.97 Å². The molecule has 1 fully saturated rings. The molecule has 2 rings (SSSR count). The fourth-order valence-electron chi connectivity index (χ4n) is 2.82. The quantitative estimate of drug-likeness (QED) is 0.831. The first-order chi connectivity index (χ1) is 9.70. The van der Waals surface area contributed by atoms with Crippen molar-refractivity contribution in [3.05, 3.63) is 18.1 Å². The van der Waals surface area contributed by atoms with E-state index in [1.54, 1.807) is 6.33 Å². The Labute approximate surface area is 123 Å². The van der Waals surface area contributed by atoms with Crippen LogP contribution in [0.15, 0.2) is 12.4 Å². The van der Waals surface area contributed by atoms with Crippen molar-refractivity contribution in [1.82, 2.24) is 15.3 Å². The molecule has 1 atom stereocenters. The fourth-order valence-corrected chi connectivity index (χ4v) is 2.82. The molecule has 4 nitrogen and oxygen atoms in total. The standard InChI is InChI=1S/C16H28N4/c1-4-6-14-9-16(19-12-18-14)20-8-5-7-15(20)11-17-10-13(2)3/h9,12-13,15,17H,4-8,10-11H2,1-3H3. The molecule has 0 bridgehead atoms. The van der Waals surface area contributed by atoms with Crippen molar-refractivity contribution in [3.63, 3.8) is 0 Å². The maximum absolute atomic E-state index is 4.48. The second kappa shape index (κ2) is 7.58. The number of hydrogen-bond donors (Lipinski definition) is 1. The van der Waals surface area contributed by atoms with Crippen LogP contribution in [-0.4, -0.2) is 35.6 Å². The van der Waals surface area contributed by atoms with Crippen molar-refractivity contribution in [2.45, 2.75) is 52.5 Å². The van der Waals surface area contributed by atoms with Crippen molar-refractivity contribution in [1.29, 1.82) is 0 Å². The molecule has 112 valence electrons. The Morgan fingerprint density at radius 2 is 2.25 bits per heavy atom. The van der Waals surface area contributed by atoms with Gasteiger partial charge in [-0.2, -0.15) is 0 Å². The van der Waals surface area contributed by atoms with Crippen LogP contribution in [0, 0.1) is 5.92 Å². The van der Waals surface area contributed by atoms with Crippen LogP contribution >= 0.6 is 0 Å². The van der Waals surface area contributed by atoms with Gasteiger partial charge in [0.15, 0.2) is 0 Å². The lowest BCUT2D eigenvalue weighted by atomic mass is 10.2. The van der Waals surface area contributed by atoms with Crippen molar-refractivity contribution >= 4 is 5.82 Å². The zero-order valence-corrected chi connectivity index (χ0v) is 13.1. The number of anilines is 1. The minimum Gasteiger partial charge on any atom is -0.352 e. The van der Waals surface area contributed by atoms with E-state index < -0.39 is 0 Å². The number of rotatable bonds is 7. The largest absolute Gasteiger partial charge is 0.352 e. The average molecular weight is 276 g/mol. The van der Waals surface area contributed by atoms with E-state index in [1.807, 2.05) is 0 Å². The summed E-state index contributed by atoms with van der Waals surface area (Å²) in [7, 11) is 0. The topological polar surface area (TPSA) is 41.0 Å². The Kier molecular flexibility index (Phi) is 5.77. The van der Waals surface area contributed by atoms with Gasteiger partial charge in [-0.05, 0) is 31.7 Å². The number of aryl methyl sites for hydroxylation is 1. The first-order valence-corrected chi connectivity index (χ1v) is 7.99.